The number of aromatic amines is 1. The minimum Gasteiger partial charge on any atom is -0.481 e. The highest BCUT2D eigenvalue weighted by atomic mass is 16.5. The number of carbonyl (C=O) groups excluding carboxylic acids is 1. The third kappa shape index (κ3) is 2.69. The van der Waals surface area contributed by atoms with Crippen LogP contribution in [-0.2, 0) is 6.54 Å². The highest BCUT2D eigenvalue weighted by Gasteiger charge is 2.09. The van der Waals surface area contributed by atoms with Gasteiger partial charge in [0.05, 0.1) is 24.5 Å². The molecule has 6 nitrogen and oxygen atoms in total. The number of rotatable bonds is 4. The van der Waals surface area contributed by atoms with Gasteiger partial charge in [0.25, 0.3) is 5.91 Å². The van der Waals surface area contributed by atoms with E-state index in [1.165, 1.54) is 0 Å². The number of imidazole rings is 1. The molecular weight excluding hydrogens is 268 g/mol. The van der Waals surface area contributed by atoms with Crippen LogP contribution in [0.25, 0.3) is 11.0 Å². The van der Waals surface area contributed by atoms with E-state index in [1.54, 1.807) is 37.8 Å². The number of H-pyrrole nitrogens is 1. The van der Waals surface area contributed by atoms with E-state index in [4.69, 9.17) is 4.74 Å². The fraction of sp³-hybridized carbons (Fsp3) is 0.133. The lowest BCUT2D eigenvalue weighted by Gasteiger charge is -2.08. The van der Waals surface area contributed by atoms with Crippen LogP contribution in [0.3, 0.4) is 0 Å². The number of hydrogen-bond donors (Lipinski definition) is 2. The first-order valence-corrected chi connectivity index (χ1v) is 6.47. The number of aromatic nitrogens is 3. The van der Waals surface area contributed by atoms with Crippen LogP contribution >= 0.6 is 0 Å². The predicted molar refractivity (Wildman–Crippen MR) is 78.1 cm³/mol. The van der Waals surface area contributed by atoms with Crippen molar-refractivity contribution in [2.45, 2.75) is 6.54 Å². The van der Waals surface area contributed by atoms with E-state index in [0.717, 1.165) is 16.6 Å². The molecule has 3 aromatic rings. The number of methoxy groups -OCH3 is 1. The van der Waals surface area contributed by atoms with Crippen LogP contribution in [0, 0.1) is 0 Å². The summed E-state index contributed by atoms with van der Waals surface area (Å²) in [5, 5.41) is 2.85. The van der Waals surface area contributed by atoms with Gasteiger partial charge in [0.1, 0.15) is 0 Å². The van der Waals surface area contributed by atoms with Crippen molar-refractivity contribution in [1.82, 2.24) is 20.3 Å². The molecule has 0 bridgehead atoms. The number of hydrogen-bond acceptors (Lipinski definition) is 4. The zero-order valence-corrected chi connectivity index (χ0v) is 11.5. The van der Waals surface area contributed by atoms with Gasteiger partial charge in [0.2, 0.25) is 5.88 Å². The van der Waals surface area contributed by atoms with Gasteiger partial charge in [-0.25, -0.2) is 9.97 Å². The molecule has 6 heteroatoms. The molecule has 2 N–H and O–H groups in total. The van der Waals surface area contributed by atoms with Crippen molar-refractivity contribution in [2.75, 3.05) is 7.11 Å². The topological polar surface area (TPSA) is 79.9 Å². The second-order valence-electron chi connectivity index (χ2n) is 4.49. The Morgan fingerprint density at radius 3 is 3.10 bits per heavy atom. The smallest absolute Gasteiger partial charge is 0.251 e. The molecule has 0 aliphatic heterocycles. The number of ether oxygens (including phenoxy) is 1. The zero-order valence-electron chi connectivity index (χ0n) is 11.5. The Morgan fingerprint density at radius 1 is 1.33 bits per heavy atom. The van der Waals surface area contributed by atoms with E-state index < -0.39 is 0 Å². The number of pyridine rings is 1. The number of benzene rings is 1. The molecule has 106 valence electrons. The lowest BCUT2D eigenvalue weighted by Crippen LogP contribution is -2.23. The van der Waals surface area contributed by atoms with Gasteiger partial charge in [0, 0.05) is 23.9 Å². The summed E-state index contributed by atoms with van der Waals surface area (Å²) in [4.78, 5) is 23.4. The average molecular weight is 282 g/mol. The monoisotopic (exact) mass is 282 g/mol. The SMILES string of the molecule is COc1ncccc1CNC(=O)c1ccc2nc[nH]c2c1. The Morgan fingerprint density at radius 2 is 2.24 bits per heavy atom. The number of amides is 1. The van der Waals surface area contributed by atoms with E-state index in [1.807, 2.05) is 12.1 Å². The Bertz CT molecular complexity index is 782. The minimum atomic E-state index is -0.155. The molecule has 0 radical (unpaired) electrons. The van der Waals surface area contributed by atoms with Crippen LogP contribution in [0.2, 0.25) is 0 Å². The second-order valence-corrected chi connectivity index (χ2v) is 4.49. The van der Waals surface area contributed by atoms with Gasteiger partial charge < -0.3 is 15.0 Å². The van der Waals surface area contributed by atoms with Crippen LogP contribution in [0.1, 0.15) is 15.9 Å². The molecule has 0 fully saturated rings. The summed E-state index contributed by atoms with van der Waals surface area (Å²) in [7, 11) is 1.56. The van der Waals surface area contributed by atoms with Gasteiger partial charge >= 0.3 is 0 Å². The maximum Gasteiger partial charge on any atom is 0.251 e. The number of nitrogens with one attached hydrogen (secondary N) is 2. The van der Waals surface area contributed by atoms with E-state index in [-0.39, 0.29) is 5.91 Å². The molecule has 0 saturated heterocycles. The molecule has 0 spiro atoms. The standard InChI is InChI=1S/C15H14N4O2/c1-21-15-11(3-2-6-16-15)8-17-14(20)10-4-5-12-13(7-10)19-9-18-12/h2-7,9H,8H2,1H3,(H,17,20)(H,18,19). The highest BCUT2D eigenvalue weighted by Crippen LogP contribution is 2.14. The Labute approximate surface area is 121 Å². The lowest BCUT2D eigenvalue weighted by molar-refractivity contribution is 0.0950. The summed E-state index contributed by atoms with van der Waals surface area (Å²) in [6, 6.07) is 9.01. The molecule has 0 aliphatic carbocycles. The summed E-state index contributed by atoms with van der Waals surface area (Å²) in [5.41, 5.74) is 3.08. The summed E-state index contributed by atoms with van der Waals surface area (Å²) in [5.74, 6) is 0.360. The van der Waals surface area contributed by atoms with Gasteiger partial charge in [-0.1, -0.05) is 6.07 Å². The Hall–Kier alpha value is -2.89. The molecule has 3 rings (SSSR count). The van der Waals surface area contributed by atoms with Crippen molar-refractivity contribution in [3.63, 3.8) is 0 Å². The molecule has 1 amide bonds. The number of fused-ring (bicyclic) bond motifs is 1. The van der Waals surface area contributed by atoms with Crippen molar-refractivity contribution >= 4 is 16.9 Å². The van der Waals surface area contributed by atoms with Crippen LogP contribution in [-0.4, -0.2) is 28.0 Å². The first-order valence-electron chi connectivity index (χ1n) is 6.47. The van der Waals surface area contributed by atoms with Crippen molar-refractivity contribution < 1.29 is 9.53 Å². The molecule has 0 aliphatic rings. The summed E-state index contributed by atoms with van der Waals surface area (Å²) in [6.07, 6.45) is 3.25. The van der Waals surface area contributed by atoms with E-state index in [2.05, 4.69) is 20.3 Å². The van der Waals surface area contributed by atoms with Crippen molar-refractivity contribution in [3.05, 3.63) is 54.0 Å². The summed E-state index contributed by atoms with van der Waals surface area (Å²) < 4.78 is 5.15. The largest absolute Gasteiger partial charge is 0.481 e. The predicted octanol–water partition coefficient (Wildman–Crippen LogP) is 1.90. The molecule has 0 atom stereocenters. The third-order valence-electron chi connectivity index (χ3n) is 3.17. The first-order chi connectivity index (χ1) is 10.3. The van der Waals surface area contributed by atoms with Crippen molar-refractivity contribution in [1.29, 1.82) is 0 Å². The van der Waals surface area contributed by atoms with Crippen LogP contribution in [0.5, 0.6) is 5.88 Å². The fourth-order valence-electron chi connectivity index (χ4n) is 2.10. The normalized spacial score (nSPS) is 10.5. The molecule has 2 heterocycles. The van der Waals surface area contributed by atoms with E-state index in [0.29, 0.717) is 18.0 Å². The van der Waals surface area contributed by atoms with E-state index >= 15 is 0 Å². The fourth-order valence-corrected chi connectivity index (χ4v) is 2.10. The number of carbonyl (C=O) groups is 1. The van der Waals surface area contributed by atoms with Crippen LogP contribution < -0.4 is 10.1 Å². The van der Waals surface area contributed by atoms with Gasteiger partial charge in [-0.05, 0) is 24.3 Å². The minimum absolute atomic E-state index is 0.155. The Kier molecular flexibility index (Phi) is 3.51. The van der Waals surface area contributed by atoms with Gasteiger partial charge in [-0.2, -0.15) is 0 Å². The lowest BCUT2D eigenvalue weighted by atomic mass is 10.2. The quantitative estimate of drug-likeness (QED) is 0.766. The van der Waals surface area contributed by atoms with Gasteiger partial charge in [-0.15, -0.1) is 0 Å². The molecule has 2 aromatic heterocycles. The number of nitrogens with zero attached hydrogens (tertiary/aromatic N) is 2. The second kappa shape index (κ2) is 5.62. The highest BCUT2D eigenvalue weighted by molar-refractivity contribution is 5.97. The van der Waals surface area contributed by atoms with Crippen LogP contribution in [0.4, 0.5) is 0 Å². The maximum absolute atomic E-state index is 12.2. The maximum atomic E-state index is 12.2. The molecule has 21 heavy (non-hydrogen) atoms. The molecule has 0 saturated carbocycles. The third-order valence-corrected chi connectivity index (χ3v) is 3.17. The van der Waals surface area contributed by atoms with Crippen molar-refractivity contribution in [3.8, 4) is 5.88 Å². The van der Waals surface area contributed by atoms with Gasteiger partial charge in [0.15, 0.2) is 0 Å². The summed E-state index contributed by atoms with van der Waals surface area (Å²) in [6.45, 7) is 0.358. The van der Waals surface area contributed by atoms with E-state index in [9.17, 15) is 4.79 Å². The van der Waals surface area contributed by atoms with Crippen molar-refractivity contribution in [2.24, 2.45) is 0 Å². The summed E-state index contributed by atoms with van der Waals surface area (Å²) >= 11 is 0. The Balaban J connectivity index is 1.74. The average Bonchev–Trinajstić information content (AvgIpc) is 3.00. The molecule has 0 unspecified atom stereocenters. The first kappa shape index (κ1) is 13.1. The van der Waals surface area contributed by atoms with Crippen LogP contribution in [0.15, 0.2) is 42.9 Å². The molecule has 1 aromatic carbocycles. The molecular formula is C15H14N4O2. The zero-order chi connectivity index (χ0) is 14.7. The van der Waals surface area contributed by atoms with Gasteiger partial charge in [-0.3, -0.25) is 4.79 Å².